The highest BCUT2D eigenvalue weighted by Crippen LogP contribution is 2.31. The molecule has 1 aromatic rings. The summed E-state index contributed by atoms with van der Waals surface area (Å²) < 4.78 is 0. The van der Waals surface area contributed by atoms with Crippen LogP contribution in [0.25, 0.3) is 0 Å². The Labute approximate surface area is 115 Å². The number of nitrogen functional groups attached to an aromatic ring is 1. The first kappa shape index (κ1) is 13.5. The first-order valence-electron chi connectivity index (χ1n) is 6.87. The van der Waals surface area contributed by atoms with E-state index in [1.54, 1.807) is 0 Å². The van der Waals surface area contributed by atoms with E-state index in [0.717, 1.165) is 24.1 Å². The van der Waals surface area contributed by atoms with Crippen LogP contribution >= 0.6 is 11.6 Å². The van der Waals surface area contributed by atoms with E-state index in [1.165, 1.54) is 31.2 Å². The molecule has 2 unspecified atom stereocenters. The van der Waals surface area contributed by atoms with E-state index in [-0.39, 0.29) is 0 Å². The van der Waals surface area contributed by atoms with E-state index in [4.69, 9.17) is 17.3 Å². The Hall–Kier alpha value is -0.890. The predicted molar refractivity (Wildman–Crippen MR) is 80.2 cm³/mol. The molecule has 1 fully saturated rings. The summed E-state index contributed by atoms with van der Waals surface area (Å²) >= 11 is 6.07. The molecule has 0 aromatic heterocycles. The fraction of sp³-hybridized carbons (Fsp3) is 0.600. The Bertz CT molecular complexity index is 417. The molecule has 1 saturated carbocycles. The van der Waals surface area contributed by atoms with Gasteiger partial charge < -0.3 is 11.1 Å². The first-order chi connectivity index (χ1) is 8.58. The molecule has 3 N–H and O–H groups in total. The lowest BCUT2D eigenvalue weighted by Crippen LogP contribution is -2.24. The lowest BCUT2D eigenvalue weighted by atomic mass is 9.80. The van der Waals surface area contributed by atoms with E-state index in [9.17, 15) is 0 Å². The first-order valence-corrected chi connectivity index (χ1v) is 7.25. The number of aryl methyl sites for hydroxylation is 1. The Balaban J connectivity index is 1.99. The predicted octanol–water partition coefficient (Wildman–Crippen LogP) is 4.47. The van der Waals surface area contributed by atoms with E-state index < -0.39 is 0 Å². The maximum atomic E-state index is 6.07. The number of rotatable bonds is 3. The third-order valence-electron chi connectivity index (χ3n) is 4.19. The molecule has 0 heterocycles. The van der Waals surface area contributed by atoms with Crippen LogP contribution in [0.15, 0.2) is 12.1 Å². The summed E-state index contributed by atoms with van der Waals surface area (Å²) in [4.78, 5) is 0. The second-order valence-corrected chi connectivity index (χ2v) is 6.00. The monoisotopic (exact) mass is 266 g/mol. The van der Waals surface area contributed by atoms with E-state index in [2.05, 4.69) is 19.2 Å². The van der Waals surface area contributed by atoms with Crippen molar-refractivity contribution in [2.24, 2.45) is 11.8 Å². The van der Waals surface area contributed by atoms with Crippen LogP contribution in [0.3, 0.4) is 0 Å². The van der Waals surface area contributed by atoms with Gasteiger partial charge in [-0.15, -0.1) is 0 Å². The standard InChI is InChI=1S/C15H23ClN2/c1-10-5-3-4-6-12(10)9-18-15-8-13(16)14(17)7-11(15)2/h7-8,10,12,18H,3-6,9,17H2,1-2H3. The van der Waals surface area contributed by atoms with Gasteiger partial charge in [-0.3, -0.25) is 0 Å². The normalized spacial score (nSPS) is 23.9. The van der Waals surface area contributed by atoms with Crippen LogP contribution in [-0.4, -0.2) is 6.54 Å². The minimum absolute atomic E-state index is 0.639. The summed E-state index contributed by atoms with van der Waals surface area (Å²) in [5.41, 5.74) is 8.73. The molecule has 0 bridgehead atoms. The average Bonchev–Trinajstić information content (AvgIpc) is 2.34. The van der Waals surface area contributed by atoms with Crippen molar-refractivity contribution in [3.8, 4) is 0 Å². The molecule has 0 amide bonds. The van der Waals surface area contributed by atoms with Crippen molar-refractivity contribution in [1.82, 2.24) is 0 Å². The Morgan fingerprint density at radius 2 is 2.06 bits per heavy atom. The summed E-state index contributed by atoms with van der Waals surface area (Å²) in [6.07, 6.45) is 5.48. The maximum Gasteiger partial charge on any atom is 0.0656 e. The molecule has 0 radical (unpaired) electrons. The zero-order valence-corrected chi connectivity index (χ0v) is 12.1. The van der Waals surface area contributed by atoms with Crippen molar-refractivity contribution in [3.05, 3.63) is 22.7 Å². The molecular weight excluding hydrogens is 244 g/mol. The van der Waals surface area contributed by atoms with E-state index >= 15 is 0 Å². The van der Waals surface area contributed by atoms with Crippen molar-refractivity contribution in [2.75, 3.05) is 17.6 Å². The third kappa shape index (κ3) is 3.11. The molecule has 1 aliphatic carbocycles. The van der Waals surface area contributed by atoms with Crippen LogP contribution in [0.2, 0.25) is 5.02 Å². The molecule has 2 nitrogen and oxygen atoms in total. The highest BCUT2D eigenvalue weighted by atomic mass is 35.5. The number of nitrogens with one attached hydrogen (secondary N) is 1. The lowest BCUT2D eigenvalue weighted by Gasteiger charge is -2.29. The molecular formula is C15H23ClN2. The van der Waals surface area contributed by atoms with Gasteiger partial charge >= 0.3 is 0 Å². The summed E-state index contributed by atoms with van der Waals surface area (Å²) in [5, 5.41) is 4.18. The van der Waals surface area contributed by atoms with Crippen molar-refractivity contribution < 1.29 is 0 Å². The van der Waals surface area contributed by atoms with Crippen LogP contribution in [0.4, 0.5) is 11.4 Å². The number of hydrogen-bond acceptors (Lipinski definition) is 2. The van der Waals surface area contributed by atoms with Crippen molar-refractivity contribution in [1.29, 1.82) is 0 Å². The molecule has 1 aromatic carbocycles. The minimum atomic E-state index is 0.639. The van der Waals surface area contributed by atoms with Gasteiger partial charge in [0.1, 0.15) is 0 Å². The fourth-order valence-corrected chi connectivity index (χ4v) is 3.00. The highest BCUT2D eigenvalue weighted by molar-refractivity contribution is 6.33. The van der Waals surface area contributed by atoms with Crippen molar-refractivity contribution in [3.63, 3.8) is 0 Å². The zero-order chi connectivity index (χ0) is 13.1. The summed E-state index contributed by atoms with van der Waals surface area (Å²) in [6, 6.07) is 3.88. The van der Waals surface area contributed by atoms with Gasteiger partial charge in [-0.2, -0.15) is 0 Å². The molecule has 0 saturated heterocycles. The SMILES string of the molecule is Cc1cc(N)c(Cl)cc1NCC1CCCCC1C. The van der Waals surface area contributed by atoms with Gasteiger partial charge in [0.2, 0.25) is 0 Å². The molecule has 0 aliphatic heterocycles. The van der Waals surface area contributed by atoms with Gasteiger partial charge in [0, 0.05) is 12.2 Å². The fourth-order valence-electron chi connectivity index (χ4n) is 2.83. The van der Waals surface area contributed by atoms with Crippen LogP contribution in [-0.2, 0) is 0 Å². The Morgan fingerprint density at radius 3 is 2.78 bits per heavy atom. The Kier molecular flexibility index (Phi) is 4.39. The molecule has 1 aliphatic rings. The van der Waals surface area contributed by atoms with Crippen LogP contribution in [0.1, 0.15) is 38.2 Å². The quantitative estimate of drug-likeness (QED) is 0.792. The average molecular weight is 267 g/mol. The summed E-state index contributed by atoms with van der Waals surface area (Å²) in [6.45, 7) is 5.48. The number of halogens is 1. The lowest BCUT2D eigenvalue weighted by molar-refractivity contribution is 0.268. The van der Waals surface area contributed by atoms with Crippen LogP contribution in [0, 0.1) is 18.8 Å². The zero-order valence-electron chi connectivity index (χ0n) is 11.3. The summed E-state index contributed by atoms with van der Waals surface area (Å²) in [5.74, 6) is 1.62. The van der Waals surface area contributed by atoms with Gasteiger partial charge in [0.05, 0.1) is 10.7 Å². The number of hydrogen-bond donors (Lipinski definition) is 2. The minimum Gasteiger partial charge on any atom is -0.398 e. The molecule has 100 valence electrons. The summed E-state index contributed by atoms with van der Waals surface area (Å²) in [7, 11) is 0. The van der Waals surface area contributed by atoms with Gasteiger partial charge in [0.15, 0.2) is 0 Å². The van der Waals surface area contributed by atoms with Crippen molar-refractivity contribution in [2.45, 2.75) is 39.5 Å². The molecule has 18 heavy (non-hydrogen) atoms. The second-order valence-electron chi connectivity index (χ2n) is 5.59. The van der Waals surface area contributed by atoms with Gasteiger partial charge in [0.25, 0.3) is 0 Å². The van der Waals surface area contributed by atoms with Gasteiger partial charge in [-0.1, -0.05) is 37.8 Å². The topological polar surface area (TPSA) is 38.0 Å². The highest BCUT2D eigenvalue weighted by Gasteiger charge is 2.21. The van der Waals surface area contributed by atoms with Crippen LogP contribution in [0.5, 0.6) is 0 Å². The maximum absolute atomic E-state index is 6.07. The number of benzene rings is 1. The molecule has 2 rings (SSSR count). The molecule has 2 atom stereocenters. The van der Waals surface area contributed by atoms with Gasteiger partial charge in [-0.05, 0) is 42.9 Å². The second kappa shape index (κ2) is 5.83. The molecule has 0 spiro atoms. The number of nitrogens with two attached hydrogens (primary N) is 1. The Morgan fingerprint density at radius 1 is 1.33 bits per heavy atom. The largest absolute Gasteiger partial charge is 0.398 e. The van der Waals surface area contributed by atoms with Gasteiger partial charge in [-0.25, -0.2) is 0 Å². The number of anilines is 2. The smallest absolute Gasteiger partial charge is 0.0656 e. The van der Waals surface area contributed by atoms with Crippen LogP contribution < -0.4 is 11.1 Å². The van der Waals surface area contributed by atoms with Crippen molar-refractivity contribution >= 4 is 23.0 Å². The molecule has 3 heteroatoms. The van der Waals surface area contributed by atoms with E-state index in [0.29, 0.717) is 10.7 Å². The van der Waals surface area contributed by atoms with E-state index in [1.807, 2.05) is 12.1 Å². The third-order valence-corrected chi connectivity index (χ3v) is 4.51.